The Labute approximate surface area is 132 Å². The standard InChI is InChI=1S/C19H36N2/c1-2-13-21-15-18(16-9-5-3-6-10-16)20-14-19(21)17-11-7-4-8-12-17/h16-20H,2-15H2,1H3. The number of hydrogen-bond acceptors (Lipinski definition) is 2. The molecule has 2 nitrogen and oxygen atoms in total. The number of rotatable bonds is 4. The highest BCUT2D eigenvalue weighted by Gasteiger charge is 2.36. The lowest BCUT2D eigenvalue weighted by Crippen LogP contribution is -2.61. The molecule has 0 bridgehead atoms. The van der Waals surface area contributed by atoms with Crippen LogP contribution < -0.4 is 5.32 Å². The van der Waals surface area contributed by atoms with Gasteiger partial charge in [-0.2, -0.15) is 0 Å². The molecule has 1 N–H and O–H groups in total. The second-order valence-electron chi connectivity index (χ2n) is 7.87. The average molecular weight is 293 g/mol. The third-order valence-electron chi connectivity index (χ3n) is 6.41. The van der Waals surface area contributed by atoms with Gasteiger partial charge in [-0.05, 0) is 50.5 Å². The molecule has 2 atom stereocenters. The van der Waals surface area contributed by atoms with E-state index in [0.29, 0.717) is 0 Å². The normalized spacial score (nSPS) is 34.1. The molecule has 0 aromatic carbocycles. The summed E-state index contributed by atoms with van der Waals surface area (Å²) in [5.41, 5.74) is 0. The van der Waals surface area contributed by atoms with Crippen LogP contribution in [0.3, 0.4) is 0 Å². The van der Waals surface area contributed by atoms with Gasteiger partial charge in [0.15, 0.2) is 0 Å². The summed E-state index contributed by atoms with van der Waals surface area (Å²) in [6, 6.07) is 1.63. The van der Waals surface area contributed by atoms with Crippen molar-refractivity contribution in [2.24, 2.45) is 11.8 Å². The van der Waals surface area contributed by atoms with Crippen LogP contribution in [0.2, 0.25) is 0 Å². The average Bonchev–Trinajstić information content (AvgIpc) is 2.57. The Bertz CT molecular complexity index is 292. The van der Waals surface area contributed by atoms with Crippen molar-refractivity contribution in [2.75, 3.05) is 19.6 Å². The maximum absolute atomic E-state index is 3.98. The topological polar surface area (TPSA) is 15.3 Å². The first-order valence-electron chi connectivity index (χ1n) is 9.86. The molecule has 1 aliphatic heterocycles. The fourth-order valence-corrected chi connectivity index (χ4v) is 5.23. The van der Waals surface area contributed by atoms with Crippen molar-refractivity contribution < 1.29 is 0 Å². The van der Waals surface area contributed by atoms with Crippen molar-refractivity contribution in [3.63, 3.8) is 0 Å². The van der Waals surface area contributed by atoms with Gasteiger partial charge < -0.3 is 5.32 Å². The van der Waals surface area contributed by atoms with Gasteiger partial charge in [-0.15, -0.1) is 0 Å². The van der Waals surface area contributed by atoms with E-state index >= 15 is 0 Å². The first-order chi connectivity index (χ1) is 10.4. The molecule has 2 heteroatoms. The molecular formula is C19H36N2. The SMILES string of the molecule is CCCN1CC(C2CCCCC2)NCC1C1CCCCC1. The molecule has 1 heterocycles. The lowest BCUT2D eigenvalue weighted by atomic mass is 9.79. The van der Waals surface area contributed by atoms with Gasteiger partial charge in [0.25, 0.3) is 0 Å². The van der Waals surface area contributed by atoms with Gasteiger partial charge in [0.1, 0.15) is 0 Å². The van der Waals surface area contributed by atoms with Gasteiger partial charge in [0, 0.05) is 25.2 Å². The van der Waals surface area contributed by atoms with E-state index in [0.717, 1.165) is 23.9 Å². The Morgan fingerprint density at radius 3 is 2.10 bits per heavy atom. The predicted molar refractivity (Wildman–Crippen MR) is 90.6 cm³/mol. The Kier molecular flexibility index (Phi) is 5.99. The zero-order valence-corrected chi connectivity index (χ0v) is 14.2. The Balaban J connectivity index is 1.59. The molecule has 0 aromatic rings. The van der Waals surface area contributed by atoms with Crippen LogP contribution in [0.4, 0.5) is 0 Å². The van der Waals surface area contributed by atoms with Crippen molar-refractivity contribution in [2.45, 2.75) is 89.6 Å². The van der Waals surface area contributed by atoms with Gasteiger partial charge in [-0.1, -0.05) is 45.4 Å². The van der Waals surface area contributed by atoms with Crippen LogP contribution in [0.15, 0.2) is 0 Å². The minimum absolute atomic E-state index is 0.789. The summed E-state index contributed by atoms with van der Waals surface area (Å²) >= 11 is 0. The smallest absolute Gasteiger partial charge is 0.0249 e. The van der Waals surface area contributed by atoms with E-state index in [1.807, 2.05) is 0 Å². The second-order valence-corrected chi connectivity index (χ2v) is 7.87. The Morgan fingerprint density at radius 2 is 1.48 bits per heavy atom. The van der Waals surface area contributed by atoms with Gasteiger partial charge in [0.05, 0.1) is 0 Å². The molecule has 1 saturated heterocycles. The molecular weight excluding hydrogens is 256 g/mol. The number of nitrogens with zero attached hydrogens (tertiary/aromatic N) is 1. The zero-order valence-electron chi connectivity index (χ0n) is 14.2. The number of piperazine rings is 1. The van der Waals surface area contributed by atoms with Crippen LogP contribution in [-0.4, -0.2) is 36.6 Å². The minimum Gasteiger partial charge on any atom is -0.311 e. The summed E-state index contributed by atoms with van der Waals surface area (Å²) in [4.78, 5) is 2.88. The maximum atomic E-state index is 3.98. The summed E-state index contributed by atoms with van der Waals surface area (Å²) in [6.07, 6.45) is 16.1. The van der Waals surface area contributed by atoms with E-state index in [1.165, 1.54) is 90.3 Å². The molecule has 3 aliphatic rings. The van der Waals surface area contributed by atoms with Gasteiger partial charge in [-0.3, -0.25) is 4.90 Å². The zero-order chi connectivity index (χ0) is 14.5. The fourth-order valence-electron chi connectivity index (χ4n) is 5.23. The van der Waals surface area contributed by atoms with E-state index in [4.69, 9.17) is 0 Å². The predicted octanol–water partition coefficient (Wildman–Crippen LogP) is 4.20. The fraction of sp³-hybridized carbons (Fsp3) is 1.00. The van der Waals surface area contributed by atoms with E-state index in [2.05, 4.69) is 17.1 Å². The van der Waals surface area contributed by atoms with Crippen LogP contribution in [0.25, 0.3) is 0 Å². The maximum Gasteiger partial charge on any atom is 0.0249 e. The summed E-state index contributed by atoms with van der Waals surface area (Å²) in [7, 11) is 0. The molecule has 21 heavy (non-hydrogen) atoms. The highest BCUT2D eigenvalue weighted by molar-refractivity contribution is 4.93. The largest absolute Gasteiger partial charge is 0.311 e. The first kappa shape index (κ1) is 15.8. The van der Waals surface area contributed by atoms with Crippen molar-refractivity contribution >= 4 is 0 Å². The van der Waals surface area contributed by atoms with Gasteiger partial charge in [0.2, 0.25) is 0 Å². The third-order valence-corrected chi connectivity index (χ3v) is 6.41. The molecule has 122 valence electrons. The highest BCUT2D eigenvalue weighted by Crippen LogP contribution is 2.33. The van der Waals surface area contributed by atoms with Crippen LogP contribution in [0, 0.1) is 11.8 Å². The van der Waals surface area contributed by atoms with Crippen molar-refractivity contribution in [1.29, 1.82) is 0 Å². The molecule has 2 unspecified atom stereocenters. The molecule has 2 saturated carbocycles. The van der Waals surface area contributed by atoms with Gasteiger partial charge in [-0.25, -0.2) is 0 Å². The van der Waals surface area contributed by atoms with Crippen molar-refractivity contribution in [3.05, 3.63) is 0 Å². The number of hydrogen-bond donors (Lipinski definition) is 1. The highest BCUT2D eigenvalue weighted by atomic mass is 15.2. The molecule has 3 rings (SSSR count). The Hall–Kier alpha value is -0.0800. The summed E-state index contributed by atoms with van der Waals surface area (Å²) < 4.78 is 0. The Morgan fingerprint density at radius 1 is 0.857 bits per heavy atom. The number of nitrogens with one attached hydrogen (secondary N) is 1. The lowest BCUT2D eigenvalue weighted by Gasteiger charge is -2.47. The van der Waals surface area contributed by atoms with Crippen LogP contribution in [-0.2, 0) is 0 Å². The third kappa shape index (κ3) is 4.01. The summed E-state index contributed by atoms with van der Waals surface area (Å²) in [6.45, 7) is 6.28. The summed E-state index contributed by atoms with van der Waals surface area (Å²) in [5.74, 6) is 1.94. The lowest BCUT2D eigenvalue weighted by molar-refractivity contribution is 0.0519. The van der Waals surface area contributed by atoms with Crippen molar-refractivity contribution in [3.8, 4) is 0 Å². The molecule has 0 aromatic heterocycles. The molecule has 0 amide bonds. The molecule has 3 fully saturated rings. The first-order valence-corrected chi connectivity index (χ1v) is 9.86. The van der Waals surface area contributed by atoms with E-state index in [9.17, 15) is 0 Å². The van der Waals surface area contributed by atoms with Crippen molar-refractivity contribution in [1.82, 2.24) is 10.2 Å². The second kappa shape index (κ2) is 7.97. The monoisotopic (exact) mass is 292 g/mol. The quantitative estimate of drug-likeness (QED) is 0.835. The molecule has 0 spiro atoms. The molecule has 0 radical (unpaired) electrons. The van der Waals surface area contributed by atoms with Crippen LogP contribution in [0.1, 0.15) is 77.6 Å². The van der Waals surface area contributed by atoms with E-state index < -0.39 is 0 Å². The van der Waals surface area contributed by atoms with Crippen LogP contribution >= 0.6 is 0 Å². The summed E-state index contributed by atoms with van der Waals surface area (Å²) in [5, 5.41) is 3.98. The van der Waals surface area contributed by atoms with Crippen LogP contribution in [0.5, 0.6) is 0 Å². The minimum atomic E-state index is 0.789. The van der Waals surface area contributed by atoms with Gasteiger partial charge >= 0.3 is 0 Å². The molecule has 2 aliphatic carbocycles. The van der Waals surface area contributed by atoms with E-state index in [1.54, 1.807) is 0 Å². The van der Waals surface area contributed by atoms with E-state index in [-0.39, 0.29) is 0 Å².